The van der Waals surface area contributed by atoms with Crippen molar-refractivity contribution >= 4 is 0 Å². The zero-order chi connectivity index (χ0) is 12.1. The Balaban J connectivity index is 1.85. The highest BCUT2D eigenvalue weighted by Gasteiger charge is 1.97. The average Bonchev–Trinajstić information content (AvgIpc) is 2.32. The Morgan fingerprint density at radius 2 is 1.65 bits per heavy atom. The van der Waals surface area contributed by atoms with E-state index in [9.17, 15) is 5.11 Å². The topological polar surface area (TPSA) is 49.7 Å². The molecule has 2 N–H and O–H groups in total. The molecular weight excluding hydrogens is 216 g/mol. The predicted molar refractivity (Wildman–Crippen MR) is 65.4 cm³/mol. The molecule has 2 aromatic rings. The summed E-state index contributed by atoms with van der Waals surface area (Å²) in [5.74, 6) is 1.22. The highest BCUT2D eigenvalue weighted by Crippen LogP contribution is 2.16. The van der Waals surface area contributed by atoms with Gasteiger partial charge in [-0.2, -0.15) is 0 Å². The molecule has 0 atom stereocenters. The average molecular weight is 230 g/mol. The van der Waals surface area contributed by atoms with Gasteiger partial charge in [-0.1, -0.05) is 12.1 Å². The van der Waals surface area contributed by atoms with E-state index in [0.29, 0.717) is 6.61 Å². The molecule has 2 rings (SSSR count). The van der Waals surface area contributed by atoms with Gasteiger partial charge in [-0.15, -0.1) is 0 Å². The van der Waals surface area contributed by atoms with Crippen LogP contribution in [0.25, 0.3) is 0 Å². The van der Waals surface area contributed by atoms with Crippen molar-refractivity contribution < 1.29 is 14.9 Å². The van der Waals surface area contributed by atoms with Gasteiger partial charge in [-0.25, -0.2) is 0 Å². The van der Waals surface area contributed by atoms with Crippen LogP contribution in [0.4, 0.5) is 0 Å². The summed E-state index contributed by atoms with van der Waals surface area (Å²) < 4.78 is 5.51. The summed E-state index contributed by atoms with van der Waals surface area (Å²) in [5, 5.41) is 18.4. The first-order chi connectivity index (χ1) is 8.24. The van der Waals surface area contributed by atoms with Crippen molar-refractivity contribution in [2.45, 2.75) is 6.42 Å². The Kier molecular flexibility index (Phi) is 3.50. The number of rotatable bonds is 4. The third kappa shape index (κ3) is 3.41. The molecule has 0 radical (unpaired) electrons. The normalized spacial score (nSPS) is 10.1. The lowest BCUT2D eigenvalue weighted by molar-refractivity contribution is 0.321. The minimum atomic E-state index is 0.227. The van der Waals surface area contributed by atoms with E-state index in [0.717, 1.165) is 17.7 Å². The second-order valence-electron chi connectivity index (χ2n) is 3.76. The van der Waals surface area contributed by atoms with Crippen LogP contribution in [0, 0.1) is 0 Å². The summed E-state index contributed by atoms with van der Waals surface area (Å²) >= 11 is 0. The van der Waals surface area contributed by atoms with Crippen molar-refractivity contribution in [3.8, 4) is 17.2 Å². The molecule has 0 aliphatic carbocycles. The molecule has 0 spiro atoms. The standard InChI is InChI=1S/C14H14O3/c15-12-4-6-14(7-5-12)17-9-8-11-2-1-3-13(16)10-11/h1-7,10,15-16H,8-9H2. The summed E-state index contributed by atoms with van der Waals surface area (Å²) in [5.41, 5.74) is 1.03. The number of hydrogen-bond acceptors (Lipinski definition) is 3. The van der Waals surface area contributed by atoms with Crippen LogP contribution < -0.4 is 4.74 Å². The predicted octanol–water partition coefficient (Wildman–Crippen LogP) is 2.72. The van der Waals surface area contributed by atoms with Crippen molar-refractivity contribution in [1.82, 2.24) is 0 Å². The zero-order valence-electron chi connectivity index (χ0n) is 9.34. The van der Waals surface area contributed by atoms with E-state index in [-0.39, 0.29) is 11.5 Å². The van der Waals surface area contributed by atoms with Crippen LogP contribution in [0.5, 0.6) is 17.2 Å². The fraction of sp³-hybridized carbons (Fsp3) is 0.143. The van der Waals surface area contributed by atoms with E-state index in [4.69, 9.17) is 9.84 Å². The molecule has 2 aromatic carbocycles. The van der Waals surface area contributed by atoms with Crippen LogP contribution in [0.15, 0.2) is 48.5 Å². The van der Waals surface area contributed by atoms with Gasteiger partial charge >= 0.3 is 0 Å². The van der Waals surface area contributed by atoms with Gasteiger partial charge in [-0.3, -0.25) is 0 Å². The van der Waals surface area contributed by atoms with Crippen molar-refractivity contribution in [3.05, 3.63) is 54.1 Å². The minimum absolute atomic E-state index is 0.227. The van der Waals surface area contributed by atoms with Crippen LogP contribution >= 0.6 is 0 Å². The van der Waals surface area contributed by atoms with Gasteiger partial charge in [0.2, 0.25) is 0 Å². The van der Waals surface area contributed by atoms with Gasteiger partial charge in [0.1, 0.15) is 17.2 Å². The lowest BCUT2D eigenvalue weighted by Crippen LogP contribution is -2.00. The minimum Gasteiger partial charge on any atom is -0.508 e. The van der Waals surface area contributed by atoms with Crippen LogP contribution in [0.3, 0.4) is 0 Å². The second-order valence-corrected chi connectivity index (χ2v) is 3.76. The fourth-order valence-electron chi connectivity index (χ4n) is 1.54. The number of hydrogen-bond donors (Lipinski definition) is 2. The summed E-state index contributed by atoms with van der Waals surface area (Å²) in [6, 6.07) is 13.7. The van der Waals surface area contributed by atoms with Crippen molar-refractivity contribution in [3.63, 3.8) is 0 Å². The smallest absolute Gasteiger partial charge is 0.119 e. The van der Waals surface area contributed by atoms with Gasteiger partial charge in [0, 0.05) is 6.42 Å². The molecule has 3 heteroatoms. The molecule has 0 heterocycles. The monoisotopic (exact) mass is 230 g/mol. The molecule has 0 aliphatic rings. The number of aromatic hydroxyl groups is 2. The fourth-order valence-corrected chi connectivity index (χ4v) is 1.54. The highest BCUT2D eigenvalue weighted by molar-refractivity contribution is 5.30. The highest BCUT2D eigenvalue weighted by atomic mass is 16.5. The van der Waals surface area contributed by atoms with Crippen LogP contribution in [0.1, 0.15) is 5.56 Å². The van der Waals surface area contributed by atoms with Gasteiger partial charge in [0.05, 0.1) is 6.61 Å². The molecule has 0 saturated heterocycles. The molecule has 0 saturated carbocycles. The van der Waals surface area contributed by atoms with Crippen LogP contribution in [-0.4, -0.2) is 16.8 Å². The molecule has 0 unspecified atom stereocenters. The summed E-state index contributed by atoms with van der Waals surface area (Å²) in [4.78, 5) is 0. The largest absolute Gasteiger partial charge is 0.508 e. The molecule has 0 aromatic heterocycles. The Morgan fingerprint density at radius 3 is 2.35 bits per heavy atom. The van der Waals surface area contributed by atoms with Crippen LogP contribution in [0.2, 0.25) is 0 Å². The van der Waals surface area contributed by atoms with E-state index >= 15 is 0 Å². The van der Waals surface area contributed by atoms with Crippen LogP contribution in [-0.2, 0) is 6.42 Å². The Hall–Kier alpha value is -2.16. The van der Waals surface area contributed by atoms with E-state index < -0.39 is 0 Å². The molecule has 88 valence electrons. The molecular formula is C14H14O3. The van der Waals surface area contributed by atoms with E-state index in [1.165, 1.54) is 0 Å². The molecule has 0 amide bonds. The molecule has 0 fully saturated rings. The summed E-state index contributed by atoms with van der Waals surface area (Å²) in [7, 11) is 0. The SMILES string of the molecule is Oc1ccc(OCCc2cccc(O)c2)cc1. The maximum Gasteiger partial charge on any atom is 0.119 e. The first kappa shape index (κ1) is 11.3. The maximum atomic E-state index is 9.29. The molecule has 0 bridgehead atoms. The van der Waals surface area contributed by atoms with Gasteiger partial charge in [0.15, 0.2) is 0 Å². The summed E-state index contributed by atoms with van der Waals surface area (Å²) in [6.07, 6.45) is 0.731. The quantitative estimate of drug-likeness (QED) is 0.849. The maximum absolute atomic E-state index is 9.29. The zero-order valence-corrected chi connectivity index (χ0v) is 9.34. The first-order valence-corrected chi connectivity index (χ1v) is 5.44. The van der Waals surface area contributed by atoms with E-state index in [1.807, 2.05) is 12.1 Å². The molecule has 17 heavy (non-hydrogen) atoms. The number of benzene rings is 2. The Morgan fingerprint density at radius 1 is 0.882 bits per heavy atom. The van der Waals surface area contributed by atoms with Gasteiger partial charge in [0.25, 0.3) is 0 Å². The molecule has 3 nitrogen and oxygen atoms in total. The first-order valence-electron chi connectivity index (χ1n) is 5.44. The Labute approximate surface area is 99.9 Å². The Bertz CT molecular complexity index is 477. The van der Waals surface area contributed by atoms with Crippen molar-refractivity contribution in [2.24, 2.45) is 0 Å². The van der Waals surface area contributed by atoms with Gasteiger partial charge < -0.3 is 14.9 Å². The third-order valence-corrected chi connectivity index (χ3v) is 2.41. The lowest BCUT2D eigenvalue weighted by atomic mass is 10.1. The molecule has 0 aliphatic heterocycles. The number of phenols is 2. The number of ether oxygens (including phenoxy) is 1. The number of phenolic OH excluding ortho intramolecular Hbond substituents is 2. The second kappa shape index (κ2) is 5.25. The van der Waals surface area contributed by atoms with E-state index in [2.05, 4.69) is 0 Å². The third-order valence-electron chi connectivity index (χ3n) is 2.41. The van der Waals surface area contributed by atoms with Gasteiger partial charge in [-0.05, 0) is 42.0 Å². The van der Waals surface area contributed by atoms with E-state index in [1.54, 1.807) is 36.4 Å². The van der Waals surface area contributed by atoms with Crippen molar-refractivity contribution in [1.29, 1.82) is 0 Å². The summed E-state index contributed by atoms with van der Waals surface area (Å²) in [6.45, 7) is 0.536. The lowest BCUT2D eigenvalue weighted by Gasteiger charge is -2.06. The van der Waals surface area contributed by atoms with Crippen molar-refractivity contribution in [2.75, 3.05) is 6.61 Å².